The number of rotatable bonds is 7. The minimum absolute atomic E-state index is 0.131. The molecule has 2 fully saturated rings. The molecule has 0 radical (unpaired) electrons. The molecule has 2 aliphatic heterocycles. The SMILES string of the molecule is COCCOCO[C@H]1CCN(C(=O)OC(C)(C)C)C[C@@H]1N1CCCCC1=O. The van der Waals surface area contributed by atoms with E-state index in [1.54, 1.807) is 12.0 Å². The summed E-state index contributed by atoms with van der Waals surface area (Å²) < 4.78 is 21.8. The van der Waals surface area contributed by atoms with Crippen LogP contribution in [0.25, 0.3) is 0 Å². The predicted molar refractivity (Wildman–Crippen MR) is 99.3 cm³/mol. The molecule has 0 saturated carbocycles. The van der Waals surface area contributed by atoms with Crippen molar-refractivity contribution in [3.63, 3.8) is 0 Å². The zero-order chi connectivity index (χ0) is 19.9. The fraction of sp³-hybridized carbons (Fsp3) is 0.895. The standard InChI is InChI=1S/C19H34N2O6/c1-19(2,3)27-18(23)20-10-8-16(26-14-25-12-11-24-4)15(13-20)21-9-6-5-7-17(21)22/h15-16H,5-14H2,1-4H3/t15-,16-/m0/s1. The number of amides is 2. The van der Waals surface area contributed by atoms with Gasteiger partial charge in [0.05, 0.1) is 25.4 Å². The van der Waals surface area contributed by atoms with Crippen molar-refractivity contribution in [1.82, 2.24) is 9.80 Å². The third-order valence-electron chi connectivity index (χ3n) is 4.73. The van der Waals surface area contributed by atoms with Gasteiger partial charge in [0.15, 0.2) is 0 Å². The summed E-state index contributed by atoms with van der Waals surface area (Å²) in [4.78, 5) is 28.5. The maximum absolute atomic E-state index is 12.5. The summed E-state index contributed by atoms with van der Waals surface area (Å²) in [5.41, 5.74) is -0.546. The highest BCUT2D eigenvalue weighted by Gasteiger charge is 2.39. The second-order valence-corrected chi connectivity index (χ2v) is 8.05. The van der Waals surface area contributed by atoms with Crippen LogP contribution in [-0.2, 0) is 23.7 Å². The molecule has 2 atom stereocenters. The first-order valence-electron chi connectivity index (χ1n) is 9.77. The summed E-state index contributed by atoms with van der Waals surface area (Å²) in [6, 6.07) is -0.176. The Kier molecular flexibility index (Phi) is 8.31. The molecule has 2 amide bonds. The summed E-state index contributed by atoms with van der Waals surface area (Å²) >= 11 is 0. The van der Waals surface area contributed by atoms with Gasteiger partial charge in [-0.15, -0.1) is 0 Å². The third-order valence-corrected chi connectivity index (χ3v) is 4.73. The number of carbonyl (C=O) groups excluding carboxylic acids is 2. The molecule has 0 aliphatic carbocycles. The van der Waals surface area contributed by atoms with Crippen molar-refractivity contribution in [3.8, 4) is 0 Å². The molecule has 2 rings (SSSR count). The number of nitrogens with zero attached hydrogens (tertiary/aromatic N) is 2. The van der Waals surface area contributed by atoms with E-state index in [0.29, 0.717) is 45.7 Å². The van der Waals surface area contributed by atoms with Crippen molar-refractivity contribution in [2.75, 3.05) is 46.8 Å². The van der Waals surface area contributed by atoms with Gasteiger partial charge in [0, 0.05) is 33.2 Å². The zero-order valence-electron chi connectivity index (χ0n) is 17.1. The average molecular weight is 386 g/mol. The Morgan fingerprint density at radius 2 is 1.96 bits per heavy atom. The van der Waals surface area contributed by atoms with E-state index in [0.717, 1.165) is 12.8 Å². The van der Waals surface area contributed by atoms with Gasteiger partial charge in [0.2, 0.25) is 5.91 Å². The van der Waals surface area contributed by atoms with E-state index in [-0.39, 0.29) is 30.9 Å². The number of ether oxygens (including phenoxy) is 4. The Morgan fingerprint density at radius 3 is 2.63 bits per heavy atom. The maximum atomic E-state index is 12.5. The van der Waals surface area contributed by atoms with Gasteiger partial charge in [-0.1, -0.05) is 0 Å². The topological polar surface area (TPSA) is 77.5 Å². The van der Waals surface area contributed by atoms with Gasteiger partial charge in [-0.3, -0.25) is 4.79 Å². The predicted octanol–water partition coefficient (Wildman–Crippen LogP) is 2.01. The van der Waals surface area contributed by atoms with Gasteiger partial charge in [0.25, 0.3) is 0 Å². The number of hydrogen-bond donors (Lipinski definition) is 0. The van der Waals surface area contributed by atoms with E-state index in [1.165, 1.54) is 0 Å². The number of hydrogen-bond acceptors (Lipinski definition) is 6. The molecule has 0 aromatic heterocycles. The first-order chi connectivity index (χ1) is 12.8. The van der Waals surface area contributed by atoms with Crippen molar-refractivity contribution in [2.24, 2.45) is 0 Å². The first-order valence-corrected chi connectivity index (χ1v) is 9.77. The molecular formula is C19H34N2O6. The molecule has 0 N–H and O–H groups in total. The van der Waals surface area contributed by atoms with Crippen LogP contribution in [0.1, 0.15) is 46.5 Å². The van der Waals surface area contributed by atoms with Crippen LogP contribution in [0.2, 0.25) is 0 Å². The van der Waals surface area contributed by atoms with E-state index in [2.05, 4.69) is 0 Å². The zero-order valence-corrected chi connectivity index (χ0v) is 17.1. The lowest BCUT2D eigenvalue weighted by Gasteiger charge is -2.45. The van der Waals surface area contributed by atoms with Crippen LogP contribution < -0.4 is 0 Å². The lowest BCUT2D eigenvalue weighted by molar-refractivity contribution is -0.155. The molecule has 0 aromatic rings. The van der Waals surface area contributed by atoms with Crippen LogP contribution in [0.5, 0.6) is 0 Å². The normalized spacial score (nSPS) is 24.2. The average Bonchev–Trinajstić information content (AvgIpc) is 2.61. The molecule has 0 unspecified atom stereocenters. The van der Waals surface area contributed by atoms with Crippen LogP contribution in [0.15, 0.2) is 0 Å². The lowest BCUT2D eigenvalue weighted by Crippen LogP contribution is -2.60. The Hall–Kier alpha value is -1.38. The molecule has 0 aromatic carbocycles. The quantitative estimate of drug-likeness (QED) is 0.492. The molecule has 2 aliphatic rings. The van der Waals surface area contributed by atoms with Crippen molar-refractivity contribution in [3.05, 3.63) is 0 Å². The second kappa shape index (κ2) is 10.2. The monoisotopic (exact) mass is 386 g/mol. The summed E-state index contributed by atoms with van der Waals surface area (Å²) in [6.07, 6.45) is 2.59. The van der Waals surface area contributed by atoms with Crippen LogP contribution >= 0.6 is 0 Å². The Balaban J connectivity index is 1.99. The van der Waals surface area contributed by atoms with Crippen molar-refractivity contribution >= 4 is 12.0 Å². The van der Waals surface area contributed by atoms with Crippen LogP contribution in [0.3, 0.4) is 0 Å². The van der Waals surface area contributed by atoms with Crippen molar-refractivity contribution in [1.29, 1.82) is 0 Å². The molecular weight excluding hydrogens is 352 g/mol. The smallest absolute Gasteiger partial charge is 0.410 e. The molecule has 8 nitrogen and oxygen atoms in total. The first kappa shape index (κ1) is 21.9. The molecule has 0 spiro atoms. The summed E-state index contributed by atoms with van der Waals surface area (Å²) in [6.45, 7) is 8.33. The van der Waals surface area contributed by atoms with Gasteiger partial charge in [-0.05, 0) is 40.0 Å². The van der Waals surface area contributed by atoms with Gasteiger partial charge < -0.3 is 28.7 Å². The number of likely N-dealkylation sites (tertiary alicyclic amines) is 2. The molecule has 156 valence electrons. The molecule has 2 saturated heterocycles. The van der Waals surface area contributed by atoms with Gasteiger partial charge in [-0.25, -0.2) is 4.79 Å². The Labute approximate surface area is 162 Å². The van der Waals surface area contributed by atoms with E-state index in [4.69, 9.17) is 18.9 Å². The van der Waals surface area contributed by atoms with Crippen molar-refractivity contribution in [2.45, 2.75) is 64.2 Å². The third kappa shape index (κ3) is 6.93. The fourth-order valence-corrected chi connectivity index (χ4v) is 3.41. The van der Waals surface area contributed by atoms with E-state index >= 15 is 0 Å². The minimum atomic E-state index is -0.546. The summed E-state index contributed by atoms with van der Waals surface area (Å²) in [5, 5.41) is 0. The minimum Gasteiger partial charge on any atom is -0.444 e. The Bertz CT molecular complexity index is 493. The molecule has 27 heavy (non-hydrogen) atoms. The van der Waals surface area contributed by atoms with Gasteiger partial charge in [0.1, 0.15) is 12.4 Å². The second-order valence-electron chi connectivity index (χ2n) is 8.05. The lowest BCUT2D eigenvalue weighted by atomic mass is 9.97. The van der Waals surface area contributed by atoms with Crippen LogP contribution in [0.4, 0.5) is 4.79 Å². The summed E-state index contributed by atoms with van der Waals surface area (Å²) in [5.74, 6) is 0.131. The number of piperidine rings is 2. The highest BCUT2D eigenvalue weighted by Crippen LogP contribution is 2.25. The van der Waals surface area contributed by atoms with Crippen LogP contribution in [0, 0.1) is 0 Å². The number of methoxy groups -OCH3 is 1. The van der Waals surface area contributed by atoms with Crippen molar-refractivity contribution < 1.29 is 28.5 Å². The van der Waals surface area contributed by atoms with E-state index < -0.39 is 5.60 Å². The highest BCUT2D eigenvalue weighted by molar-refractivity contribution is 5.77. The van der Waals surface area contributed by atoms with Gasteiger partial charge >= 0.3 is 6.09 Å². The van der Waals surface area contributed by atoms with E-state index in [9.17, 15) is 9.59 Å². The maximum Gasteiger partial charge on any atom is 0.410 e. The highest BCUT2D eigenvalue weighted by atomic mass is 16.7. The largest absolute Gasteiger partial charge is 0.444 e. The van der Waals surface area contributed by atoms with Gasteiger partial charge in [-0.2, -0.15) is 0 Å². The van der Waals surface area contributed by atoms with E-state index in [1.807, 2.05) is 25.7 Å². The molecule has 0 bridgehead atoms. The Morgan fingerprint density at radius 1 is 1.19 bits per heavy atom. The summed E-state index contributed by atoms with van der Waals surface area (Å²) in [7, 11) is 1.62. The number of carbonyl (C=O) groups is 2. The molecule has 8 heteroatoms. The molecule has 2 heterocycles. The fourth-order valence-electron chi connectivity index (χ4n) is 3.41. The van der Waals surface area contributed by atoms with Crippen LogP contribution in [-0.4, -0.2) is 86.3 Å².